The SMILES string of the molecule is NCC(F)(F)CNC(=O)c1ccc(F)c(C(F)(F)F)c1. The van der Waals surface area contributed by atoms with Crippen LogP contribution in [0.2, 0.25) is 0 Å². The van der Waals surface area contributed by atoms with Gasteiger partial charge in [-0.1, -0.05) is 0 Å². The first kappa shape index (κ1) is 16.3. The third-order valence-electron chi connectivity index (χ3n) is 2.34. The molecule has 0 fully saturated rings. The van der Waals surface area contributed by atoms with Crippen molar-refractivity contribution in [2.45, 2.75) is 12.1 Å². The number of amides is 1. The molecule has 1 rings (SSSR count). The molecule has 0 atom stereocenters. The molecule has 0 aromatic heterocycles. The predicted octanol–water partition coefficient (Wildman–Crippen LogP) is 2.17. The first-order valence-corrected chi connectivity index (χ1v) is 5.29. The van der Waals surface area contributed by atoms with Crippen molar-refractivity contribution in [2.24, 2.45) is 5.73 Å². The Labute approximate surface area is 109 Å². The summed E-state index contributed by atoms with van der Waals surface area (Å²) in [7, 11) is 0. The summed E-state index contributed by atoms with van der Waals surface area (Å²) in [5, 5.41) is 1.73. The van der Waals surface area contributed by atoms with E-state index < -0.39 is 48.0 Å². The fourth-order valence-corrected chi connectivity index (χ4v) is 1.27. The van der Waals surface area contributed by atoms with Gasteiger partial charge in [0.05, 0.1) is 18.7 Å². The zero-order valence-electron chi connectivity index (χ0n) is 9.90. The normalized spacial score (nSPS) is 12.3. The standard InChI is InChI=1S/C11H10F6N2O/c12-8-2-1-6(3-7(8)11(15,16)17)9(20)19-5-10(13,14)4-18/h1-3H,4-5,18H2,(H,19,20). The number of nitrogens with one attached hydrogen (secondary N) is 1. The first-order valence-electron chi connectivity index (χ1n) is 5.29. The molecular weight excluding hydrogens is 290 g/mol. The lowest BCUT2D eigenvalue weighted by atomic mass is 10.1. The van der Waals surface area contributed by atoms with Crippen LogP contribution in [0.3, 0.4) is 0 Å². The summed E-state index contributed by atoms with van der Waals surface area (Å²) in [5.74, 6) is -6.10. The molecule has 0 saturated heterocycles. The van der Waals surface area contributed by atoms with Crippen LogP contribution in [0.15, 0.2) is 18.2 Å². The van der Waals surface area contributed by atoms with Crippen molar-refractivity contribution in [1.29, 1.82) is 0 Å². The molecule has 0 bridgehead atoms. The summed E-state index contributed by atoms with van der Waals surface area (Å²) in [6.45, 7) is -2.15. The Morgan fingerprint density at radius 2 is 1.80 bits per heavy atom. The Morgan fingerprint density at radius 3 is 2.30 bits per heavy atom. The lowest BCUT2D eigenvalue weighted by molar-refractivity contribution is -0.140. The molecule has 0 heterocycles. The molecule has 0 aliphatic rings. The number of carbonyl (C=O) groups is 1. The Bertz CT molecular complexity index is 500. The van der Waals surface area contributed by atoms with Crippen molar-refractivity contribution >= 4 is 5.91 Å². The van der Waals surface area contributed by atoms with Crippen LogP contribution in [0, 0.1) is 5.82 Å². The number of halogens is 6. The monoisotopic (exact) mass is 300 g/mol. The molecule has 0 aliphatic carbocycles. The maximum absolute atomic E-state index is 13.0. The van der Waals surface area contributed by atoms with Gasteiger partial charge in [-0.2, -0.15) is 13.2 Å². The molecule has 0 radical (unpaired) electrons. The summed E-state index contributed by atoms with van der Waals surface area (Å²) in [6.07, 6.45) is -4.98. The lowest BCUT2D eigenvalue weighted by Crippen LogP contribution is -2.41. The summed E-state index contributed by atoms with van der Waals surface area (Å²) in [5.41, 5.74) is 2.51. The molecule has 0 saturated carbocycles. The van der Waals surface area contributed by atoms with Gasteiger partial charge in [-0.3, -0.25) is 4.79 Å². The van der Waals surface area contributed by atoms with E-state index in [1.165, 1.54) is 0 Å². The van der Waals surface area contributed by atoms with Crippen molar-refractivity contribution in [3.8, 4) is 0 Å². The van der Waals surface area contributed by atoms with Gasteiger partial charge < -0.3 is 11.1 Å². The second-order valence-electron chi connectivity index (χ2n) is 3.94. The second kappa shape index (κ2) is 5.70. The van der Waals surface area contributed by atoms with E-state index >= 15 is 0 Å². The lowest BCUT2D eigenvalue weighted by Gasteiger charge is -2.15. The maximum Gasteiger partial charge on any atom is 0.419 e. The Kier molecular flexibility index (Phi) is 4.64. The van der Waals surface area contributed by atoms with Gasteiger partial charge in [0.2, 0.25) is 0 Å². The van der Waals surface area contributed by atoms with E-state index in [1.807, 2.05) is 0 Å². The van der Waals surface area contributed by atoms with E-state index in [0.717, 1.165) is 6.07 Å². The average Bonchev–Trinajstić information content (AvgIpc) is 2.35. The van der Waals surface area contributed by atoms with Gasteiger partial charge in [0.1, 0.15) is 5.82 Å². The number of hydrogen-bond acceptors (Lipinski definition) is 2. The average molecular weight is 300 g/mol. The smallest absolute Gasteiger partial charge is 0.346 e. The summed E-state index contributed by atoms with van der Waals surface area (Å²) in [6, 6.07) is 1.46. The Balaban J connectivity index is 2.90. The van der Waals surface area contributed by atoms with E-state index in [4.69, 9.17) is 5.73 Å². The van der Waals surface area contributed by atoms with Gasteiger partial charge >= 0.3 is 6.18 Å². The molecule has 1 aromatic carbocycles. The van der Waals surface area contributed by atoms with E-state index in [1.54, 1.807) is 5.32 Å². The van der Waals surface area contributed by atoms with Crippen LogP contribution in [-0.4, -0.2) is 24.9 Å². The molecule has 0 unspecified atom stereocenters. The molecule has 112 valence electrons. The predicted molar refractivity (Wildman–Crippen MR) is 57.7 cm³/mol. The van der Waals surface area contributed by atoms with Crippen molar-refractivity contribution in [3.63, 3.8) is 0 Å². The van der Waals surface area contributed by atoms with Crippen molar-refractivity contribution in [1.82, 2.24) is 5.32 Å². The Morgan fingerprint density at radius 1 is 1.20 bits per heavy atom. The van der Waals surface area contributed by atoms with Gasteiger partial charge in [0, 0.05) is 5.56 Å². The maximum atomic E-state index is 13.0. The molecule has 9 heteroatoms. The molecule has 1 aromatic rings. The van der Waals surface area contributed by atoms with Crippen LogP contribution in [-0.2, 0) is 6.18 Å². The minimum Gasteiger partial charge on any atom is -0.346 e. The second-order valence-corrected chi connectivity index (χ2v) is 3.94. The number of hydrogen-bond donors (Lipinski definition) is 2. The number of alkyl halides is 5. The zero-order valence-corrected chi connectivity index (χ0v) is 9.90. The molecular formula is C11H10F6N2O. The largest absolute Gasteiger partial charge is 0.419 e. The van der Waals surface area contributed by atoms with Crippen LogP contribution < -0.4 is 11.1 Å². The van der Waals surface area contributed by atoms with Gasteiger partial charge in [0.25, 0.3) is 11.8 Å². The number of nitrogens with two attached hydrogens (primary N) is 1. The minimum absolute atomic E-state index is 0.255. The van der Waals surface area contributed by atoms with Crippen molar-refractivity contribution < 1.29 is 31.1 Å². The van der Waals surface area contributed by atoms with Crippen LogP contribution in [0.4, 0.5) is 26.3 Å². The zero-order chi connectivity index (χ0) is 15.6. The first-order chi connectivity index (χ1) is 9.07. The summed E-state index contributed by atoms with van der Waals surface area (Å²) < 4.78 is 75.8. The fraction of sp³-hybridized carbons (Fsp3) is 0.364. The molecule has 3 nitrogen and oxygen atoms in total. The van der Waals surface area contributed by atoms with Crippen LogP contribution >= 0.6 is 0 Å². The minimum atomic E-state index is -4.98. The van der Waals surface area contributed by atoms with E-state index in [2.05, 4.69) is 0 Å². The highest BCUT2D eigenvalue weighted by Crippen LogP contribution is 2.31. The van der Waals surface area contributed by atoms with Gasteiger partial charge in [0.15, 0.2) is 0 Å². The number of carbonyl (C=O) groups excluding carboxylic acids is 1. The van der Waals surface area contributed by atoms with Gasteiger partial charge in [-0.25, -0.2) is 13.2 Å². The number of rotatable bonds is 4. The van der Waals surface area contributed by atoms with E-state index in [9.17, 15) is 31.1 Å². The third-order valence-corrected chi connectivity index (χ3v) is 2.34. The van der Waals surface area contributed by atoms with E-state index in [-0.39, 0.29) is 6.07 Å². The van der Waals surface area contributed by atoms with E-state index in [0.29, 0.717) is 6.07 Å². The van der Waals surface area contributed by atoms with Crippen LogP contribution in [0.25, 0.3) is 0 Å². The summed E-state index contributed by atoms with van der Waals surface area (Å²) >= 11 is 0. The molecule has 3 N–H and O–H groups in total. The third kappa shape index (κ3) is 4.12. The van der Waals surface area contributed by atoms with Crippen molar-refractivity contribution in [2.75, 3.05) is 13.1 Å². The highest BCUT2D eigenvalue weighted by molar-refractivity contribution is 5.94. The Hall–Kier alpha value is -1.77. The summed E-state index contributed by atoms with van der Waals surface area (Å²) in [4.78, 5) is 11.4. The fourth-order valence-electron chi connectivity index (χ4n) is 1.27. The van der Waals surface area contributed by atoms with Crippen molar-refractivity contribution in [3.05, 3.63) is 35.1 Å². The quantitative estimate of drug-likeness (QED) is 0.837. The van der Waals surface area contributed by atoms with Crippen LogP contribution in [0.1, 0.15) is 15.9 Å². The molecule has 20 heavy (non-hydrogen) atoms. The number of benzene rings is 1. The molecule has 0 spiro atoms. The molecule has 1 amide bonds. The van der Waals surface area contributed by atoms with Crippen LogP contribution in [0.5, 0.6) is 0 Å². The van der Waals surface area contributed by atoms with Gasteiger partial charge in [-0.05, 0) is 18.2 Å². The highest BCUT2D eigenvalue weighted by Gasteiger charge is 2.35. The topological polar surface area (TPSA) is 55.1 Å². The van der Waals surface area contributed by atoms with Gasteiger partial charge in [-0.15, -0.1) is 0 Å². The molecule has 0 aliphatic heterocycles. The highest BCUT2D eigenvalue weighted by atomic mass is 19.4.